The van der Waals surface area contributed by atoms with Crippen LogP contribution in [0.2, 0.25) is 0 Å². The molecule has 0 fully saturated rings. The summed E-state index contributed by atoms with van der Waals surface area (Å²) in [6.45, 7) is 0.275. The van der Waals surface area contributed by atoms with E-state index in [4.69, 9.17) is 4.74 Å². The van der Waals surface area contributed by atoms with Gasteiger partial charge in [0.05, 0.1) is 16.6 Å². The van der Waals surface area contributed by atoms with Crippen molar-refractivity contribution >= 4 is 27.2 Å². The zero-order valence-electron chi connectivity index (χ0n) is 13.9. The fraction of sp³-hybridized carbons (Fsp3) is 0.0556. The molecule has 3 aromatic rings. The van der Waals surface area contributed by atoms with Crippen molar-refractivity contribution in [1.82, 2.24) is 9.71 Å². The first-order chi connectivity index (χ1) is 13.0. The number of aliphatic hydroxyl groups is 1. The number of nitrogens with zero attached hydrogens (tertiary/aromatic N) is 2. The first-order valence-electron chi connectivity index (χ1n) is 7.95. The van der Waals surface area contributed by atoms with Crippen molar-refractivity contribution in [1.29, 1.82) is 0 Å². The number of aromatic nitrogens is 1. The molecule has 0 amide bonds. The largest absolute Gasteiger partial charge is 0.493 e. The zero-order chi connectivity index (χ0) is 18.9. The number of hydrogen-bond donors (Lipinski definition) is 2. The summed E-state index contributed by atoms with van der Waals surface area (Å²) in [5.74, 6) is -0.0726. The molecule has 4 rings (SSSR count). The Morgan fingerprint density at radius 2 is 2.00 bits per heavy atom. The van der Waals surface area contributed by atoms with Crippen molar-refractivity contribution in [3.05, 3.63) is 77.9 Å². The maximum Gasteiger partial charge on any atom is 0.330 e. The Bertz CT molecular complexity index is 1080. The van der Waals surface area contributed by atoms with E-state index in [0.717, 1.165) is 26.5 Å². The molecule has 9 heteroatoms. The highest BCUT2D eigenvalue weighted by atomic mass is 32.2. The van der Waals surface area contributed by atoms with Gasteiger partial charge < -0.3 is 9.84 Å². The molecule has 2 N–H and O–H groups in total. The molecule has 138 valence electrons. The van der Waals surface area contributed by atoms with Crippen LogP contribution in [0.5, 0.6) is 5.75 Å². The molecule has 27 heavy (non-hydrogen) atoms. The van der Waals surface area contributed by atoms with Gasteiger partial charge in [0.15, 0.2) is 0 Å². The topological polar surface area (TPSA) is 91.8 Å². The zero-order valence-corrected chi connectivity index (χ0v) is 15.6. The van der Waals surface area contributed by atoms with E-state index in [1.54, 1.807) is 29.9 Å². The van der Waals surface area contributed by atoms with Crippen LogP contribution in [0.4, 0.5) is 5.69 Å². The molecule has 0 radical (unpaired) electrons. The number of ether oxygens (including phenoxy) is 1. The Labute approximate surface area is 160 Å². The Balaban J connectivity index is 1.73. The monoisotopic (exact) mass is 401 g/mol. The third-order valence-corrected chi connectivity index (χ3v) is 5.99. The van der Waals surface area contributed by atoms with Crippen LogP contribution < -0.4 is 13.8 Å². The van der Waals surface area contributed by atoms with Gasteiger partial charge in [-0.05, 0) is 23.3 Å². The van der Waals surface area contributed by atoms with Crippen LogP contribution >= 0.6 is 11.3 Å². The summed E-state index contributed by atoms with van der Waals surface area (Å²) in [6.07, 6.45) is 2.84. The number of aliphatic hydroxyl groups excluding tert-OH is 1. The third-order valence-electron chi connectivity index (χ3n) is 3.88. The van der Waals surface area contributed by atoms with Crippen molar-refractivity contribution in [2.75, 3.05) is 4.31 Å². The van der Waals surface area contributed by atoms with Crippen LogP contribution in [0, 0.1) is 0 Å². The van der Waals surface area contributed by atoms with Gasteiger partial charge in [0.25, 0.3) is 0 Å². The minimum atomic E-state index is -3.91. The first kappa shape index (κ1) is 17.4. The summed E-state index contributed by atoms with van der Waals surface area (Å²) in [6, 6.07) is 14.8. The number of thiazole rings is 1. The Kier molecular flexibility index (Phi) is 4.46. The third kappa shape index (κ3) is 3.60. The van der Waals surface area contributed by atoms with Crippen LogP contribution in [0.1, 0.15) is 5.56 Å². The maximum atomic E-state index is 12.3. The Morgan fingerprint density at radius 1 is 1.19 bits per heavy atom. The van der Waals surface area contributed by atoms with Crippen LogP contribution in [-0.4, -0.2) is 18.5 Å². The second kappa shape index (κ2) is 6.93. The van der Waals surface area contributed by atoms with Crippen LogP contribution in [0.25, 0.3) is 10.4 Å². The fourth-order valence-corrected chi connectivity index (χ4v) is 4.33. The van der Waals surface area contributed by atoms with Gasteiger partial charge >= 0.3 is 10.2 Å². The van der Waals surface area contributed by atoms with Gasteiger partial charge in [-0.3, -0.25) is 4.98 Å². The van der Waals surface area contributed by atoms with Gasteiger partial charge in [-0.1, -0.05) is 36.4 Å². The Hall–Kier alpha value is -3.04. The standard InChI is InChI=1S/C18H15N3O4S2/c22-18-10-21(27(23,24)20-18)15-7-6-14(17-9-19-12-26-17)8-16(15)25-11-13-4-2-1-3-5-13/h1-10,12,20,22H,11H2. The molecule has 2 heterocycles. The minimum Gasteiger partial charge on any atom is -0.493 e. The molecule has 1 aliphatic heterocycles. The maximum absolute atomic E-state index is 12.3. The number of hydrogen-bond acceptors (Lipinski definition) is 6. The molecule has 0 saturated heterocycles. The summed E-state index contributed by atoms with van der Waals surface area (Å²) < 4.78 is 33.4. The van der Waals surface area contributed by atoms with Crippen molar-refractivity contribution in [2.24, 2.45) is 0 Å². The molecule has 0 aliphatic carbocycles. The van der Waals surface area contributed by atoms with Gasteiger partial charge in [0.1, 0.15) is 18.0 Å². The summed E-state index contributed by atoms with van der Waals surface area (Å²) >= 11 is 1.47. The van der Waals surface area contributed by atoms with E-state index in [1.165, 1.54) is 11.3 Å². The van der Waals surface area contributed by atoms with Gasteiger partial charge in [-0.15, -0.1) is 11.3 Å². The second-order valence-electron chi connectivity index (χ2n) is 5.74. The first-order valence-corrected chi connectivity index (χ1v) is 10.3. The lowest BCUT2D eigenvalue weighted by atomic mass is 10.1. The highest BCUT2D eigenvalue weighted by molar-refractivity contribution is 7.91. The number of rotatable bonds is 5. The minimum absolute atomic E-state index is 0.275. The van der Waals surface area contributed by atoms with Gasteiger partial charge in [0, 0.05) is 6.20 Å². The van der Waals surface area contributed by atoms with Gasteiger partial charge in [-0.25, -0.2) is 9.03 Å². The van der Waals surface area contributed by atoms with Gasteiger partial charge in [0.2, 0.25) is 5.88 Å². The summed E-state index contributed by atoms with van der Waals surface area (Å²) in [5, 5.41) is 9.58. The van der Waals surface area contributed by atoms with Crippen molar-refractivity contribution in [3.63, 3.8) is 0 Å². The van der Waals surface area contributed by atoms with Crippen LogP contribution in [0.15, 0.2) is 72.3 Å². The molecule has 1 aromatic heterocycles. The molecule has 1 aliphatic rings. The fourth-order valence-electron chi connectivity index (χ4n) is 2.65. The highest BCUT2D eigenvalue weighted by Crippen LogP contribution is 2.37. The number of nitrogens with one attached hydrogen (secondary N) is 1. The van der Waals surface area contributed by atoms with E-state index in [9.17, 15) is 13.5 Å². The summed E-state index contributed by atoms with van der Waals surface area (Å²) in [4.78, 5) is 5.01. The Morgan fingerprint density at radius 3 is 2.67 bits per heavy atom. The SMILES string of the molecule is O=S1(=O)NC(O)=CN1c1ccc(-c2cncs2)cc1OCc1ccccc1. The normalized spacial score (nSPS) is 15.3. The molecule has 0 spiro atoms. The predicted octanol–water partition coefficient (Wildman–Crippen LogP) is 3.40. The molecule has 0 saturated carbocycles. The van der Waals surface area contributed by atoms with E-state index in [0.29, 0.717) is 11.4 Å². The molecular formula is C18H15N3O4S2. The molecule has 0 unspecified atom stereocenters. The van der Waals surface area contributed by atoms with Crippen molar-refractivity contribution < 1.29 is 18.3 Å². The quantitative estimate of drug-likeness (QED) is 0.684. The molecule has 0 bridgehead atoms. The van der Waals surface area contributed by atoms with E-state index < -0.39 is 16.1 Å². The predicted molar refractivity (Wildman–Crippen MR) is 104 cm³/mol. The molecule has 0 atom stereocenters. The van der Waals surface area contributed by atoms with Gasteiger partial charge in [-0.2, -0.15) is 8.42 Å². The highest BCUT2D eigenvalue weighted by Gasteiger charge is 2.31. The average Bonchev–Trinajstić information content (AvgIpc) is 3.28. The second-order valence-corrected chi connectivity index (χ2v) is 8.17. The van der Waals surface area contributed by atoms with Crippen LogP contribution in [-0.2, 0) is 16.8 Å². The molecule has 7 nitrogen and oxygen atoms in total. The summed E-state index contributed by atoms with van der Waals surface area (Å²) in [5.41, 5.74) is 3.84. The number of benzene rings is 2. The molecule has 2 aromatic carbocycles. The summed E-state index contributed by atoms with van der Waals surface area (Å²) in [7, 11) is -3.91. The van der Waals surface area contributed by atoms with E-state index in [1.807, 2.05) is 35.1 Å². The lowest BCUT2D eigenvalue weighted by Gasteiger charge is -2.19. The van der Waals surface area contributed by atoms with Crippen LogP contribution in [0.3, 0.4) is 0 Å². The van der Waals surface area contributed by atoms with E-state index >= 15 is 0 Å². The lowest BCUT2D eigenvalue weighted by Crippen LogP contribution is -2.29. The van der Waals surface area contributed by atoms with Crippen molar-refractivity contribution in [2.45, 2.75) is 6.61 Å². The lowest BCUT2D eigenvalue weighted by molar-refractivity contribution is 0.307. The average molecular weight is 401 g/mol. The van der Waals surface area contributed by atoms with Crippen molar-refractivity contribution in [3.8, 4) is 16.2 Å². The molecular weight excluding hydrogens is 386 g/mol. The van der Waals surface area contributed by atoms with E-state index in [-0.39, 0.29) is 6.61 Å². The smallest absolute Gasteiger partial charge is 0.330 e. The van der Waals surface area contributed by atoms with E-state index in [2.05, 4.69) is 4.98 Å². The number of anilines is 1.